The van der Waals surface area contributed by atoms with E-state index in [0.29, 0.717) is 22.0 Å². The molecule has 1 fully saturated rings. The summed E-state index contributed by atoms with van der Waals surface area (Å²) >= 11 is 7.47. The van der Waals surface area contributed by atoms with Crippen molar-refractivity contribution in [1.29, 1.82) is 0 Å². The van der Waals surface area contributed by atoms with Crippen LogP contribution in [0, 0.1) is 6.92 Å². The van der Waals surface area contributed by atoms with E-state index in [1.807, 2.05) is 0 Å². The molecule has 1 aliphatic rings. The fourth-order valence-electron chi connectivity index (χ4n) is 2.19. The molecule has 1 heterocycles. The van der Waals surface area contributed by atoms with Gasteiger partial charge in [-0.15, -0.1) is 0 Å². The van der Waals surface area contributed by atoms with E-state index in [9.17, 15) is 13.5 Å². The van der Waals surface area contributed by atoms with Crippen LogP contribution in [0.1, 0.15) is 11.1 Å². The molecule has 0 aliphatic carbocycles. The Morgan fingerprint density at radius 3 is 2.62 bits per heavy atom. The molecule has 6 nitrogen and oxygen atoms in total. The molecule has 0 spiro atoms. The number of nitrogens with zero attached hydrogens (tertiary/aromatic N) is 2. The summed E-state index contributed by atoms with van der Waals surface area (Å²) in [6.45, 7) is 1.57. The third-order valence-corrected chi connectivity index (χ3v) is 6.19. The number of hydrogen-bond donors (Lipinski definition) is 2. The number of halogens is 1. The Morgan fingerprint density at radius 2 is 2.14 bits per heavy atom. The number of primary sulfonamides is 1. The number of aliphatic hydroxyl groups is 1. The van der Waals surface area contributed by atoms with Crippen molar-refractivity contribution in [2.75, 3.05) is 19.8 Å². The third kappa shape index (κ3) is 2.78. The van der Waals surface area contributed by atoms with Gasteiger partial charge in [0.25, 0.3) is 0 Å². The zero-order valence-electron chi connectivity index (χ0n) is 11.8. The standard InChI is InChI=1S/C12H16ClN3O3S2/c1-7-9(13)4-8(5-10(7)21(14,18)19)12(17)6-20-11(15-2)16(12)3/h4-5,17H,6H2,1-3H3,(H2,14,18,19). The summed E-state index contributed by atoms with van der Waals surface area (Å²) in [5, 5.41) is 17.0. The minimum Gasteiger partial charge on any atom is -0.366 e. The van der Waals surface area contributed by atoms with E-state index in [0.717, 1.165) is 0 Å². The number of thioether (sulfide) groups is 1. The minimum absolute atomic E-state index is 0.0845. The van der Waals surface area contributed by atoms with Gasteiger partial charge in [-0.25, -0.2) is 13.6 Å². The fraction of sp³-hybridized carbons (Fsp3) is 0.417. The van der Waals surface area contributed by atoms with Crippen molar-refractivity contribution < 1.29 is 13.5 Å². The van der Waals surface area contributed by atoms with Gasteiger partial charge in [0.05, 0.1) is 10.6 Å². The first-order chi connectivity index (χ1) is 9.61. The number of rotatable bonds is 2. The van der Waals surface area contributed by atoms with Crippen LogP contribution in [0.5, 0.6) is 0 Å². The Hall–Kier alpha value is -0.800. The van der Waals surface area contributed by atoms with Gasteiger partial charge in [-0.05, 0) is 24.6 Å². The van der Waals surface area contributed by atoms with Gasteiger partial charge in [-0.3, -0.25) is 4.99 Å². The molecule has 1 unspecified atom stereocenters. The monoisotopic (exact) mass is 349 g/mol. The van der Waals surface area contributed by atoms with Crippen LogP contribution >= 0.6 is 23.4 Å². The first-order valence-corrected chi connectivity index (χ1v) is 8.91. The molecule has 0 radical (unpaired) electrons. The molecule has 21 heavy (non-hydrogen) atoms. The van der Waals surface area contributed by atoms with Gasteiger partial charge in [0.2, 0.25) is 10.0 Å². The highest BCUT2D eigenvalue weighted by Crippen LogP contribution is 2.40. The van der Waals surface area contributed by atoms with Crippen LogP contribution in [0.15, 0.2) is 22.0 Å². The Balaban J connectivity index is 2.64. The van der Waals surface area contributed by atoms with E-state index in [4.69, 9.17) is 16.7 Å². The zero-order chi connectivity index (χ0) is 16.0. The van der Waals surface area contributed by atoms with E-state index in [2.05, 4.69) is 4.99 Å². The fourth-order valence-corrected chi connectivity index (χ4v) is 4.46. The average molecular weight is 350 g/mol. The van der Waals surface area contributed by atoms with Crippen LogP contribution in [0.25, 0.3) is 0 Å². The van der Waals surface area contributed by atoms with Crippen molar-refractivity contribution in [3.05, 3.63) is 28.3 Å². The van der Waals surface area contributed by atoms with Crippen LogP contribution in [0.4, 0.5) is 0 Å². The normalized spacial score (nSPS) is 24.9. The SMILES string of the molecule is CN=C1SCC(O)(c2cc(Cl)c(C)c(S(N)(=O)=O)c2)N1C. The Labute approximate surface area is 133 Å². The number of sulfonamides is 1. The highest BCUT2D eigenvalue weighted by atomic mass is 35.5. The van der Waals surface area contributed by atoms with Crippen LogP contribution in [0.2, 0.25) is 5.02 Å². The van der Waals surface area contributed by atoms with Crippen molar-refractivity contribution in [2.45, 2.75) is 17.5 Å². The summed E-state index contributed by atoms with van der Waals surface area (Å²) < 4.78 is 23.3. The highest BCUT2D eigenvalue weighted by molar-refractivity contribution is 8.14. The van der Waals surface area contributed by atoms with Gasteiger partial charge < -0.3 is 10.0 Å². The van der Waals surface area contributed by atoms with E-state index >= 15 is 0 Å². The number of hydrogen-bond acceptors (Lipinski definition) is 5. The Bertz CT molecular complexity index is 721. The Morgan fingerprint density at radius 1 is 1.52 bits per heavy atom. The number of amidine groups is 1. The number of nitrogens with two attached hydrogens (primary N) is 1. The summed E-state index contributed by atoms with van der Waals surface area (Å²) in [4.78, 5) is 5.57. The number of aliphatic imine (C=N–C) groups is 1. The summed E-state index contributed by atoms with van der Waals surface area (Å²) in [7, 11) is -0.608. The molecular weight excluding hydrogens is 334 g/mol. The van der Waals surface area contributed by atoms with Crippen LogP contribution in [-0.4, -0.2) is 43.4 Å². The molecule has 1 aliphatic heterocycles. The largest absolute Gasteiger partial charge is 0.366 e. The highest BCUT2D eigenvalue weighted by Gasteiger charge is 2.43. The van der Waals surface area contributed by atoms with Crippen LogP contribution in [0.3, 0.4) is 0 Å². The van der Waals surface area contributed by atoms with Crippen molar-refractivity contribution >= 4 is 38.6 Å². The second-order valence-electron chi connectivity index (χ2n) is 4.80. The molecule has 3 N–H and O–H groups in total. The molecule has 2 rings (SSSR count). The lowest BCUT2D eigenvalue weighted by atomic mass is 10.0. The molecule has 9 heteroatoms. The molecule has 0 amide bonds. The molecular formula is C12H16ClN3O3S2. The molecule has 1 aromatic rings. The molecule has 116 valence electrons. The first-order valence-electron chi connectivity index (χ1n) is 6.00. The van der Waals surface area contributed by atoms with Crippen molar-refractivity contribution in [1.82, 2.24) is 4.90 Å². The molecule has 0 aromatic heterocycles. The van der Waals surface area contributed by atoms with Gasteiger partial charge in [-0.2, -0.15) is 0 Å². The third-order valence-electron chi connectivity index (χ3n) is 3.50. The maximum absolute atomic E-state index is 11.7. The van der Waals surface area contributed by atoms with Gasteiger partial charge >= 0.3 is 0 Å². The van der Waals surface area contributed by atoms with Crippen molar-refractivity contribution in [3.8, 4) is 0 Å². The first kappa shape index (κ1) is 16.6. The maximum atomic E-state index is 11.7. The predicted octanol–water partition coefficient (Wildman–Crippen LogP) is 1.11. The maximum Gasteiger partial charge on any atom is 0.238 e. The summed E-state index contributed by atoms with van der Waals surface area (Å²) in [6, 6.07) is 2.92. The van der Waals surface area contributed by atoms with Gasteiger partial charge in [0.1, 0.15) is 0 Å². The zero-order valence-corrected chi connectivity index (χ0v) is 14.2. The van der Waals surface area contributed by atoms with Crippen molar-refractivity contribution in [2.24, 2.45) is 10.1 Å². The van der Waals surface area contributed by atoms with E-state index in [1.54, 1.807) is 32.0 Å². The van der Waals surface area contributed by atoms with Gasteiger partial charge in [-0.1, -0.05) is 23.4 Å². The van der Waals surface area contributed by atoms with Crippen LogP contribution < -0.4 is 5.14 Å². The lowest BCUT2D eigenvalue weighted by molar-refractivity contribution is -0.0349. The second kappa shape index (κ2) is 5.44. The number of benzene rings is 1. The topological polar surface area (TPSA) is 96.0 Å². The molecule has 0 saturated carbocycles. The predicted molar refractivity (Wildman–Crippen MR) is 85.0 cm³/mol. The van der Waals surface area contributed by atoms with Gasteiger partial charge in [0.15, 0.2) is 10.9 Å². The summed E-state index contributed by atoms with van der Waals surface area (Å²) in [5.74, 6) is 0.319. The minimum atomic E-state index is -3.92. The van der Waals surface area contributed by atoms with E-state index in [1.165, 1.54) is 17.8 Å². The summed E-state index contributed by atoms with van der Waals surface area (Å²) in [5.41, 5.74) is -0.643. The quantitative estimate of drug-likeness (QED) is 0.833. The molecule has 0 bridgehead atoms. The van der Waals surface area contributed by atoms with Crippen LogP contribution in [-0.2, 0) is 15.7 Å². The molecule has 1 aromatic carbocycles. The molecule has 1 atom stereocenters. The molecule has 1 saturated heterocycles. The van der Waals surface area contributed by atoms with Gasteiger partial charge in [0, 0.05) is 24.7 Å². The van der Waals surface area contributed by atoms with E-state index in [-0.39, 0.29) is 9.92 Å². The lowest BCUT2D eigenvalue weighted by Crippen LogP contribution is -2.42. The summed E-state index contributed by atoms with van der Waals surface area (Å²) in [6.07, 6.45) is 0. The van der Waals surface area contributed by atoms with E-state index < -0.39 is 15.7 Å². The van der Waals surface area contributed by atoms with Crippen molar-refractivity contribution in [3.63, 3.8) is 0 Å². The lowest BCUT2D eigenvalue weighted by Gasteiger charge is -2.32. The smallest absolute Gasteiger partial charge is 0.238 e. The average Bonchev–Trinajstić information content (AvgIpc) is 2.68. The second-order valence-corrected chi connectivity index (χ2v) is 7.68. The Kier molecular flexibility index (Phi) is 4.29.